The summed E-state index contributed by atoms with van der Waals surface area (Å²) >= 11 is 0. The number of piperazine rings is 1. The third-order valence-corrected chi connectivity index (χ3v) is 4.52. The molecule has 0 N–H and O–H groups in total. The van der Waals surface area contributed by atoms with Gasteiger partial charge in [-0.1, -0.05) is 6.92 Å². The summed E-state index contributed by atoms with van der Waals surface area (Å²) in [5.74, 6) is 2.26. The lowest BCUT2D eigenvalue weighted by Crippen LogP contribution is -2.49. The molecule has 0 bridgehead atoms. The van der Waals surface area contributed by atoms with Gasteiger partial charge < -0.3 is 9.80 Å². The molecule has 0 aromatic carbocycles. The maximum Gasteiger partial charge on any atom is 0.257 e. The van der Waals surface area contributed by atoms with Gasteiger partial charge in [-0.2, -0.15) is 14.6 Å². The fraction of sp³-hybridized carbons (Fsp3) is 0.412. The minimum absolute atomic E-state index is 0.0240. The van der Waals surface area contributed by atoms with Gasteiger partial charge in [-0.25, -0.2) is 15.0 Å². The van der Waals surface area contributed by atoms with E-state index in [0.29, 0.717) is 24.4 Å². The van der Waals surface area contributed by atoms with E-state index in [2.05, 4.69) is 29.9 Å². The first-order valence-electron chi connectivity index (χ1n) is 8.68. The third-order valence-electron chi connectivity index (χ3n) is 4.52. The largest absolute Gasteiger partial charge is 0.353 e. The molecule has 9 heteroatoms. The molecule has 1 amide bonds. The van der Waals surface area contributed by atoms with Crippen LogP contribution in [0.15, 0.2) is 24.8 Å². The summed E-state index contributed by atoms with van der Waals surface area (Å²) in [4.78, 5) is 33.7. The molecule has 0 unspecified atom stereocenters. The van der Waals surface area contributed by atoms with E-state index in [-0.39, 0.29) is 5.91 Å². The highest BCUT2D eigenvalue weighted by Gasteiger charge is 2.24. The Kier molecular flexibility index (Phi) is 4.19. The molecule has 4 heterocycles. The molecule has 1 saturated heterocycles. The lowest BCUT2D eigenvalue weighted by Gasteiger charge is -2.35. The van der Waals surface area contributed by atoms with Crippen LogP contribution in [0.2, 0.25) is 0 Å². The van der Waals surface area contributed by atoms with Gasteiger partial charge in [-0.05, 0) is 6.92 Å². The molecule has 0 atom stereocenters. The topological polar surface area (TPSA) is 92.4 Å². The zero-order valence-electron chi connectivity index (χ0n) is 14.8. The van der Waals surface area contributed by atoms with Gasteiger partial charge in [-0.15, -0.1) is 0 Å². The second kappa shape index (κ2) is 6.66. The molecule has 0 spiro atoms. The van der Waals surface area contributed by atoms with Crippen LogP contribution in [0.25, 0.3) is 5.78 Å². The van der Waals surface area contributed by atoms with Crippen molar-refractivity contribution in [1.29, 1.82) is 0 Å². The van der Waals surface area contributed by atoms with Crippen molar-refractivity contribution in [1.82, 2.24) is 34.4 Å². The molecule has 26 heavy (non-hydrogen) atoms. The lowest BCUT2D eigenvalue weighted by atomic mass is 10.2. The maximum absolute atomic E-state index is 12.7. The Balaban J connectivity index is 1.48. The smallest absolute Gasteiger partial charge is 0.257 e. The molecular weight excluding hydrogens is 332 g/mol. The summed E-state index contributed by atoms with van der Waals surface area (Å²) in [5.41, 5.74) is 1.43. The van der Waals surface area contributed by atoms with Crippen LogP contribution in [-0.4, -0.2) is 66.5 Å². The fourth-order valence-electron chi connectivity index (χ4n) is 3.11. The first-order chi connectivity index (χ1) is 12.7. The number of amides is 1. The van der Waals surface area contributed by atoms with Crippen LogP contribution < -0.4 is 4.90 Å². The van der Waals surface area contributed by atoms with Crippen molar-refractivity contribution >= 4 is 17.5 Å². The average Bonchev–Trinajstić information content (AvgIpc) is 3.15. The molecule has 0 saturated carbocycles. The summed E-state index contributed by atoms with van der Waals surface area (Å²) in [6, 6.07) is 2.00. The number of hydrogen-bond acceptors (Lipinski definition) is 7. The van der Waals surface area contributed by atoms with Crippen molar-refractivity contribution in [3.63, 3.8) is 0 Å². The minimum atomic E-state index is -0.0240. The van der Waals surface area contributed by atoms with E-state index in [9.17, 15) is 4.79 Å². The van der Waals surface area contributed by atoms with E-state index >= 15 is 0 Å². The maximum atomic E-state index is 12.7. The fourth-order valence-corrected chi connectivity index (χ4v) is 3.11. The molecule has 1 fully saturated rings. The number of carbonyl (C=O) groups is 1. The Bertz CT molecular complexity index is 928. The summed E-state index contributed by atoms with van der Waals surface area (Å²) in [7, 11) is 0. The van der Waals surface area contributed by atoms with E-state index in [4.69, 9.17) is 0 Å². The Morgan fingerprint density at radius 1 is 1.12 bits per heavy atom. The van der Waals surface area contributed by atoms with E-state index in [1.807, 2.05) is 24.8 Å². The second-order valence-corrected chi connectivity index (χ2v) is 6.25. The molecule has 1 aliphatic rings. The van der Waals surface area contributed by atoms with Crippen molar-refractivity contribution in [2.24, 2.45) is 0 Å². The van der Waals surface area contributed by atoms with Gasteiger partial charge in [0.25, 0.3) is 11.7 Å². The van der Waals surface area contributed by atoms with Crippen LogP contribution in [-0.2, 0) is 6.42 Å². The number of rotatable bonds is 3. The van der Waals surface area contributed by atoms with Crippen LogP contribution in [0.1, 0.15) is 28.8 Å². The lowest BCUT2D eigenvalue weighted by molar-refractivity contribution is 0.0745. The molecule has 1 aliphatic heterocycles. The summed E-state index contributed by atoms with van der Waals surface area (Å²) in [6.45, 7) is 6.63. The summed E-state index contributed by atoms with van der Waals surface area (Å²) in [6.07, 6.45) is 5.50. The van der Waals surface area contributed by atoms with Gasteiger partial charge >= 0.3 is 0 Å². The van der Waals surface area contributed by atoms with E-state index in [1.54, 1.807) is 16.9 Å². The van der Waals surface area contributed by atoms with Crippen molar-refractivity contribution < 1.29 is 4.79 Å². The number of aryl methyl sites for hydroxylation is 2. The molecule has 3 aromatic heterocycles. The highest BCUT2D eigenvalue weighted by Crippen LogP contribution is 2.18. The van der Waals surface area contributed by atoms with Crippen molar-refractivity contribution in [2.75, 3.05) is 31.1 Å². The second-order valence-electron chi connectivity index (χ2n) is 6.25. The Labute approximate surface area is 150 Å². The van der Waals surface area contributed by atoms with Crippen LogP contribution >= 0.6 is 0 Å². The number of anilines is 1. The SMILES string of the molecule is CCc1ncc(C(=O)N2CCN(c3cc(C)nc4ncnn34)CC2)cn1. The normalized spacial score (nSPS) is 14.8. The number of aromatic nitrogens is 6. The van der Waals surface area contributed by atoms with Gasteiger partial charge in [0.05, 0.1) is 5.56 Å². The van der Waals surface area contributed by atoms with Crippen molar-refractivity contribution in [2.45, 2.75) is 20.3 Å². The standard InChI is InChI=1S/C17H20N8O/c1-3-14-18-9-13(10-19-14)16(26)24-6-4-23(5-7-24)15-8-12(2)22-17-20-11-21-25(15)17/h8-11H,3-7H2,1-2H3. The van der Waals surface area contributed by atoms with Gasteiger partial charge in [0.1, 0.15) is 18.0 Å². The number of carbonyl (C=O) groups excluding carboxylic acids is 1. The zero-order chi connectivity index (χ0) is 18.1. The predicted octanol–water partition coefficient (Wildman–Crippen LogP) is 0.748. The van der Waals surface area contributed by atoms with Gasteiger partial charge in [0.15, 0.2) is 0 Å². The quantitative estimate of drug-likeness (QED) is 0.687. The highest BCUT2D eigenvalue weighted by molar-refractivity contribution is 5.93. The number of nitrogens with zero attached hydrogens (tertiary/aromatic N) is 8. The van der Waals surface area contributed by atoms with Gasteiger partial charge in [-0.3, -0.25) is 4.79 Å². The Morgan fingerprint density at radius 2 is 1.85 bits per heavy atom. The molecule has 0 aliphatic carbocycles. The summed E-state index contributed by atoms with van der Waals surface area (Å²) in [5, 5.41) is 4.26. The molecule has 0 radical (unpaired) electrons. The van der Waals surface area contributed by atoms with Crippen LogP contribution in [0.5, 0.6) is 0 Å². The molecule has 9 nitrogen and oxygen atoms in total. The first kappa shape index (κ1) is 16.4. The van der Waals surface area contributed by atoms with Gasteiger partial charge in [0.2, 0.25) is 0 Å². The van der Waals surface area contributed by atoms with Crippen LogP contribution in [0.3, 0.4) is 0 Å². The third kappa shape index (κ3) is 2.96. The Hall–Kier alpha value is -3.10. The molecule has 4 rings (SSSR count). The molecule has 134 valence electrons. The van der Waals surface area contributed by atoms with Gasteiger partial charge in [0, 0.05) is 56.8 Å². The molecular formula is C17H20N8O. The van der Waals surface area contributed by atoms with E-state index in [0.717, 1.165) is 36.8 Å². The predicted molar refractivity (Wildman–Crippen MR) is 95.0 cm³/mol. The Morgan fingerprint density at radius 3 is 2.54 bits per heavy atom. The first-order valence-corrected chi connectivity index (χ1v) is 8.68. The number of hydrogen-bond donors (Lipinski definition) is 0. The number of fused-ring (bicyclic) bond motifs is 1. The highest BCUT2D eigenvalue weighted by atomic mass is 16.2. The molecule has 3 aromatic rings. The van der Waals surface area contributed by atoms with Crippen molar-refractivity contribution in [3.8, 4) is 0 Å². The van der Waals surface area contributed by atoms with E-state index in [1.165, 1.54) is 6.33 Å². The zero-order valence-corrected chi connectivity index (χ0v) is 14.8. The minimum Gasteiger partial charge on any atom is -0.353 e. The average molecular weight is 352 g/mol. The van der Waals surface area contributed by atoms with Crippen LogP contribution in [0, 0.1) is 6.92 Å². The monoisotopic (exact) mass is 352 g/mol. The van der Waals surface area contributed by atoms with E-state index < -0.39 is 0 Å². The summed E-state index contributed by atoms with van der Waals surface area (Å²) < 4.78 is 1.74. The van der Waals surface area contributed by atoms with Crippen molar-refractivity contribution in [3.05, 3.63) is 41.9 Å². The van der Waals surface area contributed by atoms with Crippen LogP contribution in [0.4, 0.5) is 5.82 Å².